The van der Waals surface area contributed by atoms with Crippen molar-refractivity contribution in [3.63, 3.8) is 0 Å². The molecule has 1 N–H and O–H groups in total. The van der Waals surface area contributed by atoms with Crippen LogP contribution in [0.15, 0.2) is 42.5 Å². The monoisotopic (exact) mass is 312 g/mol. The summed E-state index contributed by atoms with van der Waals surface area (Å²) in [6.45, 7) is 5.04. The van der Waals surface area contributed by atoms with Crippen molar-refractivity contribution in [3.8, 4) is 5.75 Å². The Balaban J connectivity index is 1.95. The van der Waals surface area contributed by atoms with Gasteiger partial charge in [0.2, 0.25) is 5.91 Å². The minimum atomic E-state index is -0.0234. The number of ether oxygens (including phenoxy) is 1. The highest BCUT2D eigenvalue weighted by atomic mass is 16.5. The maximum atomic E-state index is 12.2. The minimum absolute atomic E-state index is 0.0234. The summed E-state index contributed by atoms with van der Waals surface area (Å²) in [6.07, 6.45) is 0. The van der Waals surface area contributed by atoms with Crippen LogP contribution >= 0.6 is 0 Å². The first-order valence-corrected chi connectivity index (χ1v) is 7.66. The van der Waals surface area contributed by atoms with Gasteiger partial charge in [0.1, 0.15) is 5.75 Å². The summed E-state index contributed by atoms with van der Waals surface area (Å²) in [5.74, 6) is 0.825. The van der Waals surface area contributed by atoms with Gasteiger partial charge in [-0.25, -0.2) is 0 Å². The predicted octanol–water partition coefficient (Wildman–Crippen LogP) is 3.38. The van der Waals surface area contributed by atoms with Gasteiger partial charge in [0.25, 0.3) is 0 Å². The molecule has 122 valence electrons. The lowest BCUT2D eigenvalue weighted by Crippen LogP contribution is -2.30. The largest absolute Gasteiger partial charge is 0.496 e. The SMILES string of the molecule is COc1ccc(C)cc1CN(C)CC(=O)Nc1cccc(C)c1. The van der Waals surface area contributed by atoms with Gasteiger partial charge in [-0.2, -0.15) is 0 Å². The molecule has 0 radical (unpaired) electrons. The topological polar surface area (TPSA) is 41.6 Å². The fraction of sp³-hybridized carbons (Fsp3) is 0.316. The number of hydrogen-bond donors (Lipinski definition) is 1. The fourth-order valence-electron chi connectivity index (χ4n) is 2.55. The van der Waals surface area contributed by atoms with Gasteiger partial charge < -0.3 is 10.1 Å². The molecule has 0 aliphatic rings. The molecule has 0 fully saturated rings. The molecule has 0 heterocycles. The Labute approximate surface area is 138 Å². The van der Waals surface area contributed by atoms with E-state index in [1.807, 2.05) is 62.2 Å². The van der Waals surface area contributed by atoms with E-state index in [1.54, 1.807) is 7.11 Å². The number of carbonyl (C=O) groups is 1. The van der Waals surface area contributed by atoms with E-state index >= 15 is 0 Å². The molecule has 0 bridgehead atoms. The third kappa shape index (κ3) is 5.11. The minimum Gasteiger partial charge on any atom is -0.496 e. The van der Waals surface area contributed by atoms with Crippen molar-refractivity contribution >= 4 is 11.6 Å². The maximum absolute atomic E-state index is 12.2. The Kier molecular flexibility index (Phi) is 5.77. The van der Waals surface area contributed by atoms with Crippen molar-refractivity contribution in [1.29, 1.82) is 0 Å². The van der Waals surface area contributed by atoms with E-state index in [9.17, 15) is 4.79 Å². The van der Waals surface area contributed by atoms with E-state index in [4.69, 9.17) is 4.74 Å². The van der Waals surface area contributed by atoms with E-state index < -0.39 is 0 Å². The summed E-state index contributed by atoms with van der Waals surface area (Å²) in [6, 6.07) is 13.9. The highest BCUT2D eigenvalue weighted by molar-refractivity contribution is 5.92. The molecule has 0 unspecified atom stereocenters. The van der Waals surface area contributed by atoms with E-state index in [0.717, 1.165) is 22.6 Å². The van der Waals surface area contributed by atoms with Gasteiger partial charge in [0, 0.05) is 17.8 Å². The number of nitrogens with one attached hydrogen (secondary N) is 1. The van der Waals surface area contributed by atoms with Crippen LogP contribution in [0.4, 0.5) is 5.69 Å². The summed E-state index contributed by atoms with van der Waals surface area (Å²) in [5, 5.41) is 2.93. The van der Waals surface area contributed by atoms with Gasteiger partial charge in [-0.05, 0) is 44.7 Å². The maximum Gasteiger partial charge on any atom is 0.238 e. The normalized spacial score (nSPS) is 10.7. The average molecular weight is 312 g/mol. The van der Waals surface area contributed by atoms with Crippen molar-refractivity contribution in [2.75, 3.05) is 26.0 Å². The zero-order valence-corrected chi connectivity index (χ0v) is 14.2. The number of rotatable bonds is 6. The first kappa shape index (κ1) is 17.0. The van der Waals surface area contributed by atoms with Gasteiger partial charge >= 0.3 is 0 Å². The molecule has 0 aromatic heterocycles. The fourth-order valence-corrected chi connectivity index (χ4v) is 2.55. The Hall–Kier alpha value is -2.33. The van der Waals surface area contributed by atoms with Crippen molar-refractivity contribution in [1.82, 2.24) is 4.90 Å². The Morgan fingerprint density at radius 2 is 1.87 bits per heavy atom. The van der Waals surface area contributed by atoms with E-state index in [1.165, 1.54) is 5.56 Å². The van der Waals surface area contributed by atoms with Crippen LogP contribution < -0.4 is 10.1 Å². The van der Waals surface area contributed by atoms with Gasteiger partial charge in [-0.3, -0.25) is 9.69 Å². The molecular formula is C19H24N2O2. The Bertz CT molecular complexity index is 683. The number of methoxy groups -OCH3 is 1. The van der Waals surface area contributed by atoms with Crippen LogP contribution in [0.2, 0.25) is 0 Å². The molecule has 23 heavy (non-hydrogen) atoms. The molecule has 0 aliphatic heterocycles. The quantitative estimate of drug-likeness (QED) is 0.889. The molecule has 4 nitrogen and oxygen atoms in total. The van der Waals surface area contributed by atoms with Gasteiger partial charge in [0.15, 0.2) is 0 Å². The predicted molar refractivity (Wildman–Crippen MR) is 93.9 cm³/mol. The van der Waals surface area contributed by atoms with Crippen molar-refractivity contribution in [2.24, 2.45) is 0 Å². The molecule has 1 amide bonds. The van der Waals surface area contributed by atoms with E-state index in [2.05, 4.69) is 11.4 Å². The molecular weight excluding hydrogens is 288 g/mol. The number of amides is 1. The number of nitrogens with zero attached hydrogens (tertiary/aromatic N) is 1. The van der Waals surface area contributed by atoms with Crippen LogP contribution in [0.3, 0.4) is 0 Å². The molecule has 2 aromatic rings. The first-order chi connectivity index (χ1) is 11.0. The molecule has 0 saturated carbocycles. The van der Waals surface area contributed by atoms with Crippen LogP contribution in [0, 0.1) is 13.8 Å². The van der Waals surface area contributed by atoms with Crippen LogP contribution in [0.1, 0.15) is 16.7 Å². The molecule has 0 aliphatic carbocycles. The number of benzene rings is 2. The summed E-state index contributed by atoms with van der Waals surface area (Å²) in [4.78, 5) is 14.1. The first-order valence-electron chi connectivity index (χ1n) is 7.66. The van der Waals surface area contributed by atoms with Gasteiger partial charge in [-0.15, -0.1) is 0 Å². The number of aryl methyl sites for hydroxylation is 2. The summed E-state index contributed by atoms with van der Waals surface area (Å²) < 4.78 is 5.39. The zero-order chi connectivity index (χ0) is 16.8. The molecule has 0 atom stereocenters. The molecule has 2 rings (SSSR count). The number of anilines is 1. The summed E-state index contributed by atoms with van der Waals surface area (Å²) in [5.41, 5.74) is 4.22. The van der Waals surface area contributed by atoms with Crippen LogP contribution in [0.5, 0.6) is 5.75 Å². The van der Waals surface area contributed by atoms with Crippen molar-refractivity contribution in [3.05, 3.63) is 59.2 Å². The lowest BCUT2D eigenvalue weighted by Gasteiger charge is -2.18. The smallest absolute Gasteiger partial charge is 0.238 e. The third-order valence-corrected chi connectivity index (χ3v) is 3.59. The number of hydrogen-bond acceptors (Lipinski definition) is 3. The average Bonchev–Trinajstić information content (AvgIpc) is 2.47. The Morgan fingerprint density at radius 1 is 1.13 bits per heavy atom. The van der Waals surface area contributed by atoms with Crippen molar-refractivity contribution in [2.45, 2.75) is 20.4 Å². The molecule has 0 spiro atoms. The second-order valence-electron chi connectivity index (χ2n) is 5.91. The number of carbonyl (C=O) groups excluding carboxylic acids is 1. The third-order valence-electron chi connectivity index (χ3n) is 3.59. The van der Waals surface area contributed by atoms with Crippen molar-refractivity contribution < 1.29 is 9.53 Å². The van der Waals surface area contributed by atoms with E-state index in [-0.39, 0.29) is 5.91 Å². The second-order valence-corrected chi connectivity index (χ2v) is 5.91. The summed E-state index contributed by atoms with van der Waals surface area (Å²) in [7, 11) is 3.59. The molecule has 2 aromatic carbocycles. The molecule has 0 saturated heterocycles. The summed E-state index contributed by atoms with van der Waals surface area (Å²) >= 11 is 0. The van der Waals surface area contributed by atoms with Gasteiger partial charge in [-0.1, -0.05) is 29.8 Å². The lowest BCUT2D eigenvalue weighted by atomic mass is 10.1. The van der Waals surface area contributed by atoms with Crippen LogP contribution in [0.25, 0.3) is 0 Å². The van der Waals surface area contributed by atoms with Crippen LogP contribution in [-0.4, -0.2) is 31.5 Å². The number of likely N-dealkylation sites (N-methyl/N-ethyl adjacent to an activating group) is 1. The van der Waals surface area contributed by atoms with Crippen LogP contribution in [-0.2, 0) is 11.3 Å². The zero-order valence-electron chi connectivity index (χ0n) is 14.2. The lowest BCUT2D eigenvalue weighted by molar-refractivity contribution is -0.117. The highest BCUT2D eigenvalue weighted by Gasteiger charge is 2.10. The Morgan fingerprint density at radius 3 is 2.57 bits per heavy atom. The standard InChI is InChI=1S/C19H24N2O2/c1-14-6-5-7-17(11-14)20-19(22)13-21(3)12-16-10-15(2)8-9-18(16)23-4/h5-11H,12-13H2,1-4H3,(H,20,22). The van der Waals surface area contributed by atoms with Gasteiger partial charge in [0.05, 0.1) is 13.7 Å². The van der Waals surface area contributed by atoms with E-state index in [0.29, 0.717) is 13.1 Å². The second kappa shape index (κ2) is 7.79. The highest BCUT2D eigenvalue weighted by Crippen LogP contribution is 2.21. The molecule has 4 heteroatoms.